The van der Waals surface area contributed by atoms with Gasteiger partial charge in [0.2, 0.25) is 0 Å². The molecule has 1 amide bonds. The first kappa shape index (κ1) is 16.2. The van der Waals surface area contributed by atoms with Crippen molar-refractivity contribution in [3.05, 3.63) is 35.4 Å². The number of rotatable bonds is 6. The molecule has 0 heterocycles. The van der Waals surface area contributed by atoms with Crippen LogP contribution in [0.2, 0.25) is 0 Å². The fourth-order valence-corrected chi connectivity index (χ4v) is 1.81. The van der Waals surface area contributed by atoms with Crippen LogP contribution >= 0.6 is 0 Å². The lowest BCUT2D eigenvalue weighted by molar-refractivity contribution is -0.144. The third-order valence-electron chi connectivity index (χ3n) is 3.41. The summed E-state index contributed by atoms with van der Waals surface area (Å²) in [5.41, 5.74) is 6.96. The molecule has 0 spiro atoms. The van der Waals surface area contributed by atoms with Gasteiger partial charge in [-0.3, -0.25) is 4.79 Å². The summed E-state index contributed by atoms with van der Waals surface area (Å²) in [6.07, 6.45) is 0.770. The number of methoxy groups -OCH3 is 1. The maximum atomic E-state index is 12.1. The summed E-state index contributed by atoms with van der Waals surface area (Å²) >= 11 is 0. The Balaban J connectivity index is 2.81. The minimum atomic E-state index is -0.633. The van der Waals surface area contributed by atoms with Crippen LogP contribution in [-0.4, -0.2) is 25.0 Å². The van der Waals surface area contributed by atoms with Gasteiger partial charge in [-0.2, -0.15) is 0 Å². The molecule has 5 heteroatoms. The fourth-order valence-electron chi connectivity index (χ4n) is 1.81. The summed E-state index contributed by atoms with van der Waals surface area (Å²) in [5.74, 6) is -0.703. The smallest absolute Gasteiger partial charge is 0.328 e. The Morgan fingerprint density at radius 3 is 2.35 bits per heavy atom. The van der Waals surface area contributed by atoms with Crippen LogP contribution < -0.4 is 11.1 Å². The lowest BCUT2D eigenvalue weighted by Crippen LogP contribution is -2.45. The van der Waals surface area contributed by atoms with E-state index in [1.807, 2.05) is 13.8 Å². The van der Waals surface area contributed by atoms with Crippen molar-refractivity contribution in [2.45, 2.75) is 32.9 Å². The summed E-state index contributed by atoms with van der Waals surface area (Å²) in [5, 5.41) is 2.73. The Kier molecular flexibility index (Phi) is 6.18. The van der Waals surface area contributed by atoms with Crippen molar-refractivity contribution in [1.29, 1.82) is 0 Å². The van der Waals surface area contributed by atoms with Crippen LogP contribution in [0, 0.1) is 5.92 Å². The molecule has 0 aliphatic carbocycles. The topological polar surface area (TPSA) is 81.4 Å². The number of benzene rings is 1. The second-order valence-corrected chi connectivity index (χ2v) is 4.76. The average molecular weight is 278 g/mol. The first-order chi connectivity index (χ1) is 9.53. The molecule has 20 heavy (non-hydrogen) atoms. The van der Waals surface area contributed by atoms with E-state index in [4.69, 9.17) is 10.5 Å². The van der Waals surface area contributed by atoms with Gasteiger partial charge in [-0.15, -0.1) is 0 Å². The maximum Gasteiger partial charge on any atom is 0.328 e. The van der Waals surface area contributed by atoms with Gasteiger partial charge in [-0.05, 0) is 23.6 Å². The minimum absolute atomic E-state index is 0.00900. The van der Waals surface area contributed by atoms with Gasteiger partial charge < -0.3 is 15.8 Å². The van der Waals surface area contributed by atoms with E-state index in [0.717, 1.165) is 12.0 Å². The van der Waals surface area contributed by atoms with Crippen molar-refractivity contribution < 1.29 is 14.3 Å². The second-order valence-electron chi connectivity index (χ2n) is 4.76. The lowest BCUT2D eigenvalue weighted by Gasteiger charge is -2.21. The second kappa shape index (κ2) is 7.65. The highest BCUT2D eigenvalue weighted by Gasteiger charge is 2.26. The first-order valence-electron chi connectivity index (χ1n) is 6.71. The summed E-state index contributed by atoms with van der Waals surface area (Å²) < 4.78 is 4.74. The summed E-state index contributed by atoms with van der Waals surface area (Å²) in [4.78, 5) is 23.9. The minimum Gasteiger partial charge on any atom is -0.467 e. The third-order valence-corrected chi connectivity index (χ3v) is 3.41. The van der Waals surface area contributed by atoms with Gasteiger partial charge in [-0.1, -0.05) is 32.4 Å². The maximum absolute atomic E-state index is 12.1. The monoisotopic (exact) mass is 278 g/mol. The predicted octanol–water partition coefficient (Wildman–Crippen LogP) is 1.46. The zero-order valence-corrected chi connectivity index (χ0v) is 12.2. The predicted molar refractivity (Wildman–Crippen MR) is 77.1 cm³/mol. The number of carbonyl (C=O) groups excluding carboxylic acids is 2. The van der Waals surface area contributed by atoms with Crippen molar-refractivity contribution >= 4 is 11.9 Å². The molecule has 5 nitrogen and oxygen atoms in total. The van der Waals surface area contributed by atoms with Gasteiger partial charge in [0.1, 0.15) is 6.04 Å². The SMILES string of the molecule is CC[C@H](C)[C@H](NC(=O)c1ccc(CN)cc1)C(=O)OC. The van der Waals surface area contributed by atoms with Crippen molar-refractivity contribution in [1.82, 2.24) is 5.32 Å². The van der Waals surface area contributed by atoms with Crippen LogP contribution in [0.15, 0.2) is 24.3 Å². The highest BCUT2D eigenvalue weighted by molar-refractivity contribution is 5.96. The Hall–Kier alpha value is -1.88. The van der Waals surface area contributed by atoms with Gasteiger partial charge in [0.25, 0.3) is 5.91 Å². The molecule has 1 aromatic carbocycles. The zero-order valence-electron chi connectivity index (χ0n) is 12.2. The molecule has 0 saturated carbocycles. The first-order valence-corrected chi connectivity index (χ1v) is 6.71. The van der Waals surface area contributed by atoms with E-state index in [-0.39, 0.29) is 11.8 Å². The van der Waals surface area contributed by atoms with E-state index in [1.54, 1.807) is 24.3 Å². The van der Waals surface area contributed by atoms with Crippen LogP contribution in [0.3, 0.4) is 0 Å². The summed E-state index contributed by atoms with van der Waals surface area (Å²) in [6.45, 7) is 4.29. The number of ether oxygens (including phenoxy) is 1. The van der Waals surface area contributed by atoms with E-state index in [9.17, 15) is 9.59 Å². The van der Waals surface area contributed by atoms with E-state index >= 15 is 0 Å². The molecular weight excluding hydrogens is 256 g/mol. The number of nitrogens with one attached hydrogen (secondary N) is 1. The number of nitrogens with two attached hydrogens (primary N) is 1. The molecule has 2 atom stereocenters. The van der Waals surface area contributed by atoms with E-state index < -0.39 is 12.0 Å². The average Bonchev–Trinajstić information content (AvgIpc) is 2.50. The Morgan fingerprint density at radius 1 is 1.30 bits per heavy atom. The molecule has 0 aliphatic heterocycles. The Morgan fingerprint density at radius 2 is 1.90 bits per heavy atom. The molecule has 0 fully saturated rings. The Labute approximate surface area is 119 Å². The fraction of sp³-hybridized carbons (Fsp3) is 0.467. The molecule has 0 bridgehead atoms. The molecule has 1 aromatic rings. The molecule has 0 radical (unpaired) electrons. The van der Waals surface area contributed by atoms with E-state index in [2.05, 4.69) is 5.32 Å². The number of amides is 1. The highest BCUT2D eigenvalue weighted by atomic mass is 16.5. The van der Waals surface area contributed by atoms with Crippen LogP contribution in [0.5, 0.6) is 0 Å². The number of hydrogen-bond acceptors (Lipinski definition) is 4. The normalized spacial score (nSPS) is 13.4. The van der Waals surface area contributed by atoms with Crippen LogP contribution in [0.1, 0.15) is 36.2 Å². The molecular formula is C15H22N2O3. The van der Waals surface area contributed by atoms with Crippen molar-refractivity contribution in [3.8, 4) is 0 Å². The van der Waals surface area contributed by atoms with E-state index in [1.165, 1.54) is 7.11 Å². The van der Waals surface area contributed by atoms with Crippen LogP contribution in [0.4, 0.5) is 0 Å². The van der Waals surface area contributed by atoms with E-state index in [0.29, 0.717) is 12.1 Å². The third kappa shape index (κ3) is 4.06. The molecule has 1 rings (SSSR count). The van der Waals surface area contributed by atoms with Crippen LogP contribution in [-0.2, 0) is 16.1 Å². The van der Waals surface area contributed by atoms with Crippen molar-refractivity contribution in [2.75, 3.05) is 7.11 Å². The van der Waals surface area contributed by atoms with Crippen molar-refractivity contribution in [2.24, 2.45) is 11.7 Å². The number of esters is 1. The molecule has 0 aromatic heterocycles. The largest absolute Gasteiger partial charge is 0.467 e. The Bertz CT molecular complexity index is 457. The van der Waals surface area contributed by atoms with Crippen molar-refractivity contribution in [3.63, 3.8) is 0 Å². The molecule has 0 unspecified atom stereocenters. The lowest BCUT2D eigenvalue weighted by atomic mass is 9.98. The quantitative estimate of drug-likeness (QED) is 0.772. The summed E-state index contributed by atoms with van der Waals surface area (Å²) in [6, 6.07) is 6.35. The standard InChI is InChI=1S/C15H22N2O3/c1-4-10(2)13(15(19)20-3)17-14(18)12-7-5-11(9-16)6-8-12/h5-8,10,13H,4,9,16H2,1-3H3,(H,17,18)/t10-,13-/m0/s1. The van der Waals surface area contributed by atoms with Gasteiger partial charge in [0, 0.05) is 12.1 Å². The molecule has 0 aliphatic rings. The number of carbonyl (C=O) groups is 2. The molecule has 0 saturated heterocycles. The van der Waals surface area contributed by atoms with Gasteiger partial charge in [0.05, 0.1) is 7.11 Å². The van der Waals surface area contributed by atoms with Gasteiger partial charge in [-0.25, -0.2) is 4.79 Å². The zero-order chi connectivity index (χ0) is 15.1. The number of hydrogen-bond donors (Lipinski definition) is 2. The van der Waals surface area contributed by atoms with Crippen LogP contribution in [0.25, 0.3) is 0 Å². The van der Waals surface area contributed by atoms with Gasteiger partial charge in [0.15, 0.2) is 0 Å². The van der Waals surface area contributed by atoms with Gasteiger partial charge >= 0.3 is 5.97 Å². The highest BCUT2D eigenvalue weighted by Crippen LogP contribution is 2.11. The molecule has 110 valence electrons. The molecule has 3 N–H and O–H groups in total. The summed E-state index contributed by atoms with van der Waals surface area (Å²) in [7, 11) is 1.32.